The second kappa shape index (κ2) is 9.77. The molecular weight excluding hydrogens is 486 g/mol. The van der Waals surface area contributed by atoms with E-state index in [2.05, 4.69) is 20.9 Å². The summed E-state index contributed by atoms with van der Waals surface area (Å²) in [4.78, 5) is 34.5. The molecule has 13 heteroatoms. The Labute approximate surface area is 195 Å². The normalized spacial score (nSPS) is 11.5. The van der Waals surface area contributed by atoms with E-state index in [0.717, 1.165) is 0 Å². The van der Waals surface area contributed by atoms with E-state index in [0.29, 0.717) is 10.7 Å². The third kappa shape index (κ3) is 5.62. The van der Waals surface area contributed by atoms with E-state index in [1.54, 1.807) is 13.8 Å². The Balaban J connectivity index is 2.03. The summed E-state index contributed by atoms with van der Waals surface area (Å²) in [5.74, 6) is -1.95. The van der Waals surface area contributed by atoms with E-state index >= 15 is 0 Å². The Morgan fingerprint density at radius 2 is 1.79 bits per heavy atom. The van der Waals surface area contributed by atoms with E-state index in [-0.39, 0.29) is 33.2 Å². The number of alkyl halides is 3. The van der Waals surface area contributed by atoms with Crippen molar-refractivity contribution in [1.29, 1.82) is 0 Å². The SMILES string of the molecule is CC(C)ONC(=O)c1cccc(Cl)c1NC(=O)c1cc(C(F)(F)F)nn1-c1ncccc1Cl. The molecule has 0 spiro atoms. The summed E-state index contributed by atoms with van der Waals surface area (Å²) in [6.45, 7) is 3.37. The van der Waals surface area contributed by atoms with Crippen LogP contribution in [0.5, 0.6) is 0 Å². The van der Waals surface area contributed by atoms with Gasteiger partial charge in [-0.25, -0.2) is 15.1 Å². The van der Waals surface area contributed by atoms with Crippen LogP contribution in [-0.2, 0) is 11.0 Å². The van der Waals surface area contributed by atoms with Gasteiger partial charge in [0.15, 0.2) is 11.5 Å². The quantitative estimate of drug-likeness (QED) is 0.467. The summed E-state index contributed by atoms with van der Waals surface area (Å²) in [6, 6.07) is 7.60. The molecule has 2 aromatic heterocycles. The number of carbonyl (C=O) groups excluding carboxylic acids is 2. The third-order valence-electron chi connectivity index (χ3n) is 4.06. The van der Waals surface area contributed by atoms with Crippen LogP contribution in [-0.4, -0.2) is 32.7 Å². The number of carbonyl (C=O) groups is 2. The number of nitrogens with one attached hydrogen (secondary N) is 2. The molecule has 3 rings (SSSR count). The Morgan fingerprint density at radius 1 is 1.09 bits per heavy atom. The second-order valence-electron chi connectivity index (χ2n) is 6.85. The smallest absolute Gasteiger partial charge is 0.319 e. The summed E-state index contributed by atoms with van der Waals surface area (Å²) >= 11 is 12.2. The number of para-hydroxylation sites is 1. The first kappa shape index (κ1) is 24.5. The lowest BCUT2D eigenvalue weighted by Gasteiger charge is -2.14. The lowest BCUT2D eigenvalue weighted by atomic mass is 10.1. The van der Waals surface area contributed by atoms with Crippen molar-refractivity contribution in [3.05, 3.63) is 69.6 Å². The Morgan fingerprint density at radius 3 is 2.42 bits per heavy atom. The van der Waals surface area contributed by atoms with Gasteiger partial charge in [0.2, 0.25) is 0 Å². The highest BCUT2D eigenvalue weighted by atomic mass is 35.5. The zero-order chi connectivity index (χ0) is 24.3. The summed E-state index contributed by atoms with van der Waals surface area (Å²) in [6.07, 6.45) is -3.89. The predicted octanol–water partition coefficient (Wildman–Crippen LogP) is 4.92. The molecule has 0 aliphatic heterocycles. The number of anilines is 1. The molecule has 0 aliphatic rings. The monoisotopic (exact) mass is 501 g/mol. The maximum absolute atomic E-state index is 13.3. The van der Waals surface area contributed by atoms with E-state index in [4.69, 9.17) is 28.0 Å². The van der Waals surface area contributed by atoms with Crippen LogP contribution in [0.4, 0.5) is 18.9 Å². The number of pyridine rings is 1. The van der Waals surface area contributed by atoms with Crippen molar-refractivity contribution < 1.29 is 27.6 Å². The molecule has 0 saturated heterocycles. The molecule has 3 aromatic rings. The van der Waals surface area contributed by atoms with Crippen molar-refractivity contribution in [3.8, 4) is 5.82 Å². The molecule has 0 aliphatic carbocycles. The molecule has 2 N–H and O–H groups in total. The van der Waals surface area contributed by atoms with Crippen LogP contribution >= 0.6 is 23.2 Å². The third-order valence-corrected chi connectivity index (χ3v) is 4.67. The minimum atomic E-state index is -4.84. The molecule has 0 unspecified atom stereocenters. The summed E-state index contributed by atoms with van der Waals surface area (Å²) in [5.41, 5.74) is 0.123. The molecule has 0 radical (unpaired) electrons. The summed E-state index contributed by atoms with van der Waals surface area (Å²) < 4.78 is 40.6. The van der Waals surface area contributed by atoms with Gasteiger partial charge in [0.25, 0.3) is 11.8 Å². The van der Waals surface area contributed by atoms with Gasteiger partial charge in [-0.15, -0.1) is 0 Å². The van der Waals surface area contributed by atoms with Gasteiger partial charge in [-0.1, -0.05) is 29.3 Å². The van der Waals surface area contributed by atoms with Gasteiger partial charge in [0, 0.05) is 12.3 Å². The highest BCUT2D eigenvalue weighted by Gasteiger charge is 2.36. The molecule has 1 aromatic carbocycles. The first-order valence-corrected chi connectivity index (χ1v) is 10.1. The minimum absolute atomic E-state index is 0.0291. The Bertz CT molecular complexity index is 1200. The van der Waals surface area contributed by atoms with E-state index in [1.807, 2.05) is 0 Å². The van der Waals surface area contributed by atoms with Crippen molar-refractivity contribution in [2.24, 2.45) is 0 Å². The molecule has 8 nitrogen and oxygen atoms in total. The van der Waals surface area contributed by atoms with Crippen molar-refractivity contribution in [2.45, 2.75) is 26.1 Å². The van der Waals surface area contributed by atoms with Gasteiger partial charge in [-0.3, -0.25) is 14.4 Å². The van der Waals surface area contributed by atoms with Crippen LogP contribution in [0.15, 0.2) is 42.6 Å². The number of halogens is 5. The van der Waals surface area contributed by atoms with E-state index in [1.165, 1.54) is 36.5 Å². The molecule has 0 atom stereocenters. The molecule has 0 saturated carbocycles. The largest absolute Gasteiger partial charge is 0.435 e. The second-order valence-corrected chi connectivity index (χ2v) is 7.66. The number of aromatic nitrogens is 3. The van der Waals surface area contributed by atoms with Gasteiger partial charge in [0.1, 0.15) is 5.69 Å². The molecule has 0 bridgehead atoms. The topological polar surface area (TPSA) is 98.1 Å². The average Bonchev–Trinajstić information content (AvgIpc) is 3.19. The lowest BCUT2D eigenvalue weighted by Crippen LogP contribution is -2.28. The summed E-state index contributed by atoms with van der Waals surface area (Å²) in [5, 5.41) is 5.76. The Kier molecular flexibility index (Phi) is 7.25. The number of amides is 2. The minimum Gasteiger partial charge on any atom is -0.319 e. The zero-order valence-electron chi connectivity index (χ0n) is 17.1. The van der Waals surface area contributed by atoms with Gasteiger partial charge < -0.3 is 5.32 Å². The van der Waals surface area contributed by atoms with Crippen molar-refractivity contribution in [3.63, 3.8) is 0 Å². The number of benzene rings is 1. The molecule has 33 heavy (non-hydrogen) atoms. The van der Waals surface area contributed by atoms with Gasteiger partial charge in [-0.2, -0.15) is 18.3 Å². The fourth-order valence-corrected chi connectivity index (χ4v) is 3.04. The molecule has 2 amide bonds. The Hall–Kier alpha value is -3.15. The van der Waals surface area contributed by atoms with Crippen LogP contribution in [0, 0.1) is 0 Å². The maximum atomic E-state index is 13.3. The van der Waals surface area contributed by atoms with Crippen LogP contribution in [0.3, 0.4) is 0 Å². The van der Waals surface area contributed by atoms with E-state index in [9.17, 15) is 22.8 Å². The van der Waals surface area contributed by atoms with Gasteiger partial charge >= 0.3 is 6.18 Å². The summed E-state index contributed by atoms with van der Waals surface area (Å²) in [7, 11) is 0. The van der Waals surface area contributed by atoms with Crippen molar-refractivity contribution in [1.82, 2.24) is 20.2 Å². The van der Waals surface area contributed by atoms with Crippen molar-refractivity contribution >= 4 is 40.7 Å². The molecule has 2 heterocycles. The fourth-order valence-electron chi connectivity index (χ4n) is 2.62. The van der Waals surface area contributed by atoms with E-state index < -0.39 is 29.4 Å². The fraction of sp³-hybridized carbons (Fsp3) is 0.200. The molecular formula is C20H16Cl2F3N5O3. The highest BCUT2D eigenvalue weighted by molar-refractivity contribution is 6.35. The standard InChI is InChI=1S/C20H16Cl2F3N5O3/c1-10(2)33-29-18(31)11-5-3-6-12(21)16(11)27-19(32)14-9-15(20(23,24)25)28-30(14)17-13(22)7-4-8-26-17/h3-10H,1-2H3,(H,27,32)(H,29,31). The van der Waals surface area contributed by atoms with Crippen molar-refractivity contribution in [2.75, 3.05) is 5.32 Å². The number of rotatable bonds is 6. The van der Waals surface area contributed by atoms with Crippen LogP contribution in [0.2, 0.25) is 10.0 Å². The number of hydroxylamine groups is 1. The van der Waals surface area contributed by atoms with Gasteiger partial charge in [0.05, 0.1) is 27.4 Å². The average molecular weight is 502 g/mol. The molecule has 0 fully saturated rings. The van der Waals surface area contributed by atoms with Gasteiger partial charge in [-0.05, 0) is 38.1 Å². The first-order valence-electron chi connectivity index (χ1n) is 9.33. The number of hydrogen-bond acceptors (Lipinski definition) is 5. The number of hydrogen-bond donors (Lipinski definition) is 2. The highest BCUT2D eigenvalue weighted by Crippen LogP contribution is 2.32. The zero-order valence-corrected chi connectivity index (χ0v) is 18.6. The first-order chi connectivity index (χ1) is 15.5. The van der Waals surface area contributed by atoms with Crippen LogP contribution < -0.4 is 10.8 Å². The van der Waals surface area contributed by atoms with Crippen LogP contribution in [0.1, 0.15) is 40.4 Å². The van der Waals surface area contributed by atoms with Crippen LogP contribution in [0.25, 0.3) is 5.82 Å². The lowest BCUT2D eigenvalue weighted by molar-refractivity contribution is -0.141. The molecule has 174 valence electrons. The number of nitrogens with zero attached hydrogens (tertiary/aromatic N) is 3. The predicted molar refractivity (Wildman–Crippen MR) is 114 cm³/mol. The maximum Gasteiger partial charge on any atom is 0.435 e.